The highest BCUT2D eigenvalue weighted by Gasteiger charge is 2.35. The van der Waals surface area contributed by atoms with Gasteiger partial charge in [-0.05, 0) is 66.6 Å². The van der Waals surface area contributed by atoms with E-state index >= 15 is 0 Å². The average Bonchev–Trinajstić information content (AvgIpc) is 3.17. The first-order valence-electron chi connectivity index (χ1n) is 9.71. The van der Waals surface area contributed by atoms with E-state index in [0.29, 0.717) is 17.0 Å². The fraction of sp³-hybridized carbons (Fsp3) is 0.167. The summed E-state index contributed by atoms with van der Waals surface area (Å²) in [6.45, 7) is 1.86. The predicted octanol–water partition coefficient (Wildman–Crippen LogP) is 5.17. The summed E-state index contributed by atoms with van der Waals surface area (Å²) >= 11 is 1.43. The number of hydrogen-bond donors (Lipinski definition) is 1. The summed E-state index contributed by atoms with van der Waals surface area (Å²) in [6, 6.07) is 18.8. The number of nitrogens with one attached hydrogen (secondary N) is 1. The number of carbonyl (C=O) groups excluding carboxylic acids is 2. The molecule has 1 heterocycles. The van der Waals surface area contributed by atoms with Crippen molar-refractivity contribution < 1.29 is 18.7 Å². The molecule has 0 saturated carbocycles. The number of hydrogen-bond acceptors (Lipinski definition) is 4. The molecule has 1 atom stereocenters. The van der Waals surface area contributed by atoms with Gasteiger partial charge in [-0.3, -0.25) is 14.5 Å². The molecule has 0 radical (unpaired) electrons. The molecule has 2 amide bonds. The van der Waals surface area contributed by atoms with Gasteiger partial charge in [0.2, 0.25) is 5.91 Å². The number of ether oxygens (including phenoxy) is 1. The number of halogens is 1. The van der Waals surface area contributed by atoms with Crippen LogP contribution in [-0.2, 0) is 4.79 Å². The van der Waals surface area contributed by atoms with Crippen LogP contribution in [0.15, 0.2) is 66.7 Å². The molecule has 158 valence electrons. The van der Waals surface area contributed by atoms with Crippen LogP contribution in [0.5, 0.6) is 5.75 Å². The maximum atomic E-state index is 14.5. The van der Waals surface area contributed by atoms with Gasteiger partial charge in [-0.1, -0.05) is 18.2 Å². The molecule has 0 bridgehead atoms. The summed E-state index contributed by atoms with van der Waals surface area (Å²) in [5.41, 5.74) is 3.06. The Hall–Kier alpha value is -3.32. The molecule has 3 aromatic rings. The molecule has 0 unspecified atom stereocenters. The number of rotatable bonds is 5. The lowest BCUT2D eigenvalue weighted by molar-refractivity contribution is -0.115. The molecule has 4 rings (SSSR count). The standard InChI is InChI=1S/C24H21FN2O3S/c1-15-6-11-20(25)21(12-15)27-22(28)14-31-24(27)17-4-3-5-18(13-17)26-23(29)16-7-9-19(30-2)10-8-16/h3-13,24H,14H2,1-2H3,(H,26,29)/t24-/m1/s1. The second-order valence-corrected chi connectivity index (χ2v) is 8.26. The number of benzene rings is 3. The van der Waals surface area contributed by atoms with E-state index in [9.17, 15) is 14.0 Å². The van der Waals surface area contributed by atoms with Crippen molar-refractivity contribution in [2.75, 3.05) is 23.1 Å². The number of thioether (sulfide) groups is 1. The van der Waals surface area contributed by atoms with Gasteiger partial charge in [0.1, 0.15) is 16.9 Å². The van der Waals surface area contributed by atoms with Crippen LogP contribution in [-0.4, -0.2) is 24.7 Å². The Morgan fingerprint density at radius 3 is 2.65 bits per heavy atom. The van der Waals surface area contributed by atoms with Crippen LogP contribution in [0.4, 0.5) is 15.8 Å². The zero-order valence-corrected chi connectivity index (χ0v) is 17.9. The van der Waals surface area contributed by atoms with Gasteiger partial charge in [0.25, 0.3) is 5.91 Å². The zero-order valence-electron chi connectivity index (χ0n) is 17.1. The average molecular weight is 437 g/mol. The van der Waals surface area contributed by atoms with Crippen LogP contribution in [0, 0.1) is 12.7 Å². The van der Waals surface area contributed by atoms with Gasteiger partial charge >= 0.3 is 0 Å². The zero-order chi connectivity index (χ0) is 22.0. The van der Waals surface area contributed by atoms with Crippen molar-refractivity contribution in [2.24, 2.45) is 0 Å². The Morgan fingerprint density at radius 1 is 1.13 bits per heavy atom. The van der Waals surface area contributed by atoms with Crippen LogP contribution in [0.2, 0.25) is 0 Å². The van der Waals surface area contributed by atoms with E-state index < -0.39 is 5.82 Å². The molecule has 1 aliphatic rings. The van der Waals surface area contributed by atoms with Crippen LogP contribution in [0.1, 0.15) is 26.9 Å². The molecular weight excluding hydrogens is 415 g/mol. The summed E-state index contributed by atoms with van der Waals surface area (Å²) in [5.74, 6) is 0.101. The van der Waals surface area contributed by atoms with Gasteiger partial charge in [-0.25, -0.2) is 4.39 Å². The third-order valence-electron chi connectivity index (χ3n) is 5.01. The molecule has 1 N–H and O–H groups in total. The van der Waals surface area contributed by atoms with Crippen molar-refractivity contribution in [2.45, 2.75) is 12.3 Å². The first kappa shape index (κ1) is 20.9. The SMILES string of the molecule is COc1ccc(C(=O)Nc2cccc([C@H]3SCC(=O)N3c3cc(C)ccc3F)c2)cc1. The van der Waals surface area contributed by atoms with Crippen LogP contribution >= 0.6 is 11.8 Å². The number of methoxy groups -OCH3 is 1. The highest BCUT2D eigenvalue weighted by molar-refractivity contribution is 8.00. The minimum absolute atomic E-state index is 0.146. The molecule has 3 aromatic carbocycles. The summed E-state index contributed by atoms with van der Waals surface area (Å²) in [6.07, 6.45) is 0. The second-order valence-electron chi connectivity index (χ2n) is 7.19. The minimum Gasteiger partial charge on any atom is -0.497 e. The maximum Gasteiger partial charge on any atom is 0.255 e. The molecule has 31 heavy (non-hydrogen) atoms. The number of carbonyl (C=O) groups is 2. The first-order valence-corrected chi connectivity index (χ1v) is 10.8. The Morgan fingerprint density at radius 2 is 1.90 bits per heavy atom. The van der Waals surface area contributed by atoms with Crippen molar-refractivity contribution in [3.63, 3.8) is 0 Å². The van der Waals surface area contributed by atoms with Gasteiger partial charge in [0.05, 0.1) is 18.6 Å². The highest BCUT2D eigenvalue weighted by atomic mass is 32.2. The van der Waals surface area contributed by atoms with Gasteiger partial charge in [-0.2, -0.15) is 0 Å². The van der Waals surface area contributed by atoms with E-state index in [1.54, 1.807) is 49.6 Å². The Kier molecular flexibility index (Phi) is 5.95. The molecule has 0 aromatic heterocycles. The van der Waals surface area contributed by atoms with E-state index in [-0.39, 0.29) is 28.6 Å². The highest BCUT2D eigenvalue weighted by Crippen LogP contribution is 2.43. The van der Waals surface area contributed by atoms with E-state index in [4.69, 9.17) is 4.74 Å². The van der Waals surface area contributed by atoms with E-state index in [1.165, 1.54) is 22.7 Å². The minimum atomic E-state index is -0.435. The quantitative estimate of drug-likeness (QED) is 0.599. The maximum absolute atomic E-state index is 14.5. The third kappa shape index (κ3) is 4.41. The second kappa shape index (κ2) is 8.81. The van der Waals surface area contributed by atoms with Crippen molar-refractivity contribution in [1.29, 1.82) is 0 Å². The first-order chi connectivity index (χ1) is 15.0. The van der Waals surface area contributed by atoms with Crippen LogP contribution < -0.4 is 15.0 Å². The Balaban J connectivity index is 1.58. The molecule has 0 aliphatic carbocycles. The lowest BCUT2D eigenvalue weighted by atomic mass is 10.1. The van der Waals surface area contributed by atoms with Crippen molar-refractivity contribution in [3.8, 4) is 5.75 Å². The number of aryl methyl sites for hydroxylation is 1. The monoisotopic (exact) mass is 436 g/mol. The van der Waals surface area contributed by atoms with Gasteiger partial charge in [0, 0.05) is 11.3 Å². The normalized spacial score (nSPS) is 15.8. The number of anilines is 2. The van der Waals surface area contributed by atoms with Crippen LogP contribution in [0.25, 0.3) is 0 Å². The predicted molar refractivity (Wildman–Crippen MR) is 121 cm³/mol. The molecule has 0 spiro atoms. The topological polar surface area (TPSA) is 58.6 Å². The van der Waals surface area contributed by atoms with E-state index in [2.05, 4.69) is 5.32 Å². The van der Waals surface area contributed by atoms with Gasteiger partial charge < -0.3 is 10.1 Å². The van der Waals surface area contributed by atoms with Crippen molar-refractivity contribution in [1.82, 2.24) is 0 Å². The van der Waals surface area contributed by atoms with Crippen LogP contribution in [0.3, 0.4) is 0 Å². The smallest absolute Gasteiger partial charge is 0.255 e. The Bertz CT molecular complexity index is 1130. The molecule has 5 nitrogen and oxygen atoms in total. The summed E-state index contributed by atoms with van der Waals surface area (Å²) < 4.78 is 19.6. The summed E-state index contributed by atoms with van der Waals surface area (Å²) in [7, 11) is 1.57. The van der Waals surface area contributed by atoms with Gasteiger partial charge in [0.15, 0.2) is 0 Å². The van der Waals surface area contributed by atoms with Crippen molar-refractivity contribution in [3.05, 3.63) is 89.2 Å². The number of nitrogens with zero attached hydrogens (tertiary/aromatic N) is 1. The van der Waals surface area contributed by atoms with Crippen molar-refractivity contribution >= 4 is 35.0 Å². The molecule has 7 heteroatoms. The van der Waals surface area contributed by atoms with Gasteiger partial charge in [-0.15, -0.1) is 11.8 Å². The lowest BCUT2D eigenvalue weighted by Crippen LogP contribution is -2.28. The molecule has 1 aliphatic heterocycles. The Labute approximate surface area is 184 Å². The summed E-state index contributed by atoms with van der Waals surface area (Å²) in [4.78, 5) is 26.7. The molecular formula is C24H21FN2O3S. The van der Waals surface area contributed by atoms with E-state index in [1.807, 2.05) is 25.1 Å². The largest absolute Gasteiger partial charge is 0.497 e. The van der Waals surface area contributed by atoms with E-state index in [0.717, 1.165) is 11.1 Å². The summed E-state index contributed by atoms with van der Waals surface area (Å²) in [5, 5.41) is 2.51. The fourth-order valence-electron chi connectivity index (χ4n) is 3.45. The molecule has 1 saturated heterocycles. The lowest BCUT2D eigenvalue weighted by Gasteiger charge is -2.25. The number of amides is 2. The fourth-order valence-corrected chi connectivity index (χ4v) is 4.61. The third-order valence-corrected chi connectivity index (χ3v) is 6.22. The molecule has 1 fully saturated rings.